The number of hydrogen-bond acceptors (Lipinski definition) is 5. The first kappa shape index (κ1) is 17.4. The smallest absolute Gasteiger partial charge is 0.350 e. The van der Waals surface area contributed by atoms with E-state index < -0.39 is 30.0 Å². The zero-order valence-corrected chi connectivity index (χ0v) is 13.1. The number of nitrogens with one attached hydrogen (secondary N) is 1. The van der Waals surface area contributed by atoms with Crippen molar-refractivity contribution < 1.29 is 24.2 Å². The van der Waals surface area contributed by atoms with Gasteiger partial charge >= 0.3 is 11.9 Å². The van der Waals surface area contributed by atoms with Gasteiger partial charge < -0.3 is 15.2 Å². The molecule has 0 saturated heterocycles. The minimum absolute atomic E-state index is 0.302. The van der Waals surface area contributed by atoms with Crippen molar-refractivity contribution in [3.8, 4) is 0 Å². The maximum atomic E-state index is 12.0. The normalized spacial score (nSPS) is 12.8. The number of esters is 2. The molecule has 124 valence electrons. The molecule has 0 saturated carbocycles. The largest absolute Gasteiger partial charge is 0.389 e. The van der Waals surface area contributed by atoms with E-state index in [2.05, 4.69) is 10.1 Å². The van der Waals surface area contributed by atoms with E-state index in [-0.39, 0.29) is 0 Å². The van der Waals surface area contributed by atoms with Gasteiger partial charge in [0.05, 0.1) is 0 Å². The van der Waals surface area contributed by atoms with Crippen molar-refractivity contribution >= 4 is 17.8 Å². The zero-order chi connectivity index (χ0) is 17.6. The molecule has 24 heavy (non-hydrogen) atoms. The van der Waals surface area contributed by atoms with Crippen LogP contribution < -0.4 is 5.32 Å². The number of rotatable bonds is 5. The lowest BCUT2D eigenvalue weighted by molar-refractivity contribution is -0.173. The van der Waals surface area contributed by atoms with Crippen molar-refractivity contribution in [1.82, 2.24) is 5.32 Å². The molecule has 0 heterocycles. The Balaban J connectivity index is 1.90. The van der Waals surface area contributed by atoms with Gasteiger partial charge in [0.2, 0.25) is 0 Å². The number of amides is 1. The van der Waals surface area contributed by atoms with Gasteiger partial charge in [-0.05, 0) is 24.6 Å². The molecule has 0 fully saturated rings. The Morgan fingerprint density at radius 1 is 1.00 bits per heavy atom. The fourth-order valence-electron chi connectivity index (χ4n) is 1.96. The van der Waals surface area contributed by atoms with Crippen LogP contribution in [0.15, 0.2) is 60.7 Å². The SMILES string of the molecule is CC(O)(C(=O)OC(=O)CNC(=O)c1ccccc1)c1ccccc1. The van der Waals surface area contributed by atoms with E-state index in [1.165, 1.54) is 6.92 Å². The highest BCUT2D eigenvalue weighted by Gasteiger charge is 2.35. The summed E-state index contributed by atoms with van der Waals surface area (Å²) in [6, 6.07) is 16.4. The maximum absolute atomic E-state index is 12.0. The molecule has 6 heteroatoms. The number of ether oxygens (including phenoxy) is 1. The van der Waals surface area contributed by atoms with Crippen LogP contribution in [0.3, 0.4) is 0 Å². The molecule has 2 aromatic carbocycles. The minimum atomic E-state index is -1.96. The molecule has 0 bridgehead atoms. The van der Waals surface area contributed by atoms with E-state index in [0.717, 1.165) is 0 Å². The summed E-state index contributed by atoms with van der Waals surface area (Å²) in [5, 5.41) is 12.6. The fraction of sp³-hybridized carbons (Fsp3) is 0.167. The topological polar surface area (TPSA) is 92.7 Å². The molecule has 0 aliphatic carbocycles. The summed E-state index contributed by atoms with van der Waals surface area (Å²) >= 11 is 0. The molecule has 0 aromatic heterocycles. The first-order valence-electron chi connectivity index (χ1n) is 7.27. The van der Waals surface area contributed by atoms with Crippen LogP contribution in [0, 0.1) is 0 Å². The molecule has 0 radical (unpaired) electrons. The lowest BCUT2D eigenvalue weighted by Gasteiger charge is -2.20. The number of hydrogen-bond donors (Lipinski definition) is 2. The summed E-state index contributed by atoms with van der Waals surface area (Å²) in [7, 11) is 0. The predicted molar refractivity (Wildman–Crippen MR) is 85.9 cm³/mol. The average molecular weight is 327 g/mol. The van der Waals surface area contributed by atoms with Crippen molar-refractivity contribution in [3.05, 3.63) is 71.8 Å². The van der Waals surface area contributed by atoms with E-state index in [4.69, 9.17) is 0 Å². The highest BCUT2D eigenvalue weighted by Crippen LogP contribution is 2.21. The van der Waals surface area contributed by atoms with Crippen LogP contribution in [0.4, 0.5) is 0 Å². The summed E-state index contributed by atoms with van der Waals surface area (Å²) < 4.78 is 4.61. The summed E-state index contributed by atoms with van der Waals surface area (Å²) in [6.45, 7) is 0.755. The van der Waals surface area contributed by atoms with Gasteiger partial charge in [-0.2, -0.15) is 0 Å². The second-order valence-electron chi connectivity index (χ2n) is 5.25. The van der Waals surface area contributed by atoms with Crippen LogP contribution in [0.25, 0.3) is 0 Å². The van der Waals surface area contributed by atoms with Crippen molar-refractivity contribution in [1.29, 1.82) is 0 Å². The lowest BCUT2D eigenvalue weighted by Crippen LogP contribution is -2.38. The van der Waals surface area contributed by atoms with E-state index in [1.807, 2.05) is 0 Å². The predicted octanol–water partition coefficient (Wildman–Crippen LogP) is 1.39. The van der Waals surface area contributed by atoms with Crippen LogP contribution in [0.5, 0.6) is 0 Å². The molecule has 1 amide bonds. The Morgan fingerprint density at radius 3 is 2.12 bits per heavy atom. The fourth-order valence-corrected chi connectivity index (χ4v) is 1.96. The van der Waals surface area contributed by atoms with Gasteiger partial charge in [0.1, 0.15) is 6.54 Å². The molecule has 2 aromatic rings. The summed E-state index contributed by atoms with van der Waals surface area (Å²) in [6.07, 6.45) is 0. The van der Waals surface area contributed by atoms with Gasteiger partial charge in [-0.1, -0.05) is 48.5 Å². The van der Waals surface area contributed by atoms with Crippen LogP contribution in [0.2, 0.25) is 0 Å². The average Bonchev–Trinajstić information content (AvgIpc) is 2.61. The van der Waals surface area contributed by atoms with Gasteiger partial charge in [-0.3, -0.25) is 4.79 Å². The van der Waals surface area contributed by atoms with E-state index in [1.54, 1.807) is 60.7 Å². The Labute approximate surface area is 139 Å². The third-order valence-corrected chi connectivity index (χ3v) is 3.37. The summed E-state index contributed by atoms with van der Waals surface area (Å²) in [4.78, 5) is 35.5. The highest BCUT2D eigenvalue weighted by atomic mass is 16.6. The second kappa shape index (κ2) is 7.52. The van der Waals surface area contributed by atoms with Crippen molar-refractivity contribution in [3.63, 3.8) is 0 Å². The highest BCUT2D eigenvalue weighted by molar-refractivity contribution is 5.97. The number of aliphatic hydroxyl groups is 1. The molecule has 6 nitrogen and oxygen atoms in total. The van der Waals surface area contributed by atoms with Crippen molar-refractivity contribution in [2.75, 3.05) is 6.54 Å². The molecule has 1 unspecified atom stereocenters. The second-order valence-corrected chi connectivity index (χ2v) is 5.25. The number of carbonyl (C=O) groups is 3. The lowest BCUT2D eigenvalue weighted by atomic mass is 9.96. The molecule has 2 rings (SSSR count). The minimum Gasteiger partial charge on any atom is -0.389 e. The molecule has 0 aliphatic rings. The number of benzene rings is 2. The third-order valence-electron chi connectivity index (χ3n) is 3.37. The van der Waals surface area contributed by atoms with Crippen LogP contribution in [0.1, 0.15) is 22.8 Å². The monoisotopic (exact) mass is 327 g/mol. The van der Waals surface area contributed by atoms with Crippen molar-refractivity contribution in [2.24, 2.45) is 0 Å². The standard InChI is InChI=1S/C18H17NO5/c1-18(23,14-10-6-3-7-11-14)17(22)24-15(20)12-19-16(21)13-8-4-2-5-9-13/h2-11,23H,12H2,1H3,(H,19,21). The van der Waals surface area contributed by atoms with Crippen molar-refractivity contribution in [2.45, 2.75) is 12.5 Å². The molecule has 2 N–H and O–H groups in total. The maximum Gasteiger partial charge on any atom is 0.350 e. The van der Waals surface area contributed by atoms with Gasteiger partial charge in [-0.25, -0.2) is 9.59 Å². The van der Waals surface area contributed by atoms with E-state index in [0.29, 0.717) is 11.1 Å². The van der Waals surface area contributed by atoms with Gasteiger partial charge in [0, 0.05) is 5.56 Å². The van der Waals surface area contributed by atoms with Crippen LogP contribution >= 0.6 is 0 Å². The summed E-state index contributed by atoms with van der Waals surface area (Å²) in [5.41, 5.74) is -1.27. The third kappa shape index (κ3) is 4.27. The van der Waals surface area contributed by atoms with Gasteiger partial charge in [0.25, 0.3) is 5.91 Å². The van der Waals surface area contributed by atoms with Crippen LogP contribution in [-0.4, -0.2) is 29.5 Å². The first-order chi connectivity index (χ1) is 11.4. The Morgan fingerprint density at radius 2 is 1.54 bits per heavy atom. The summed E-state index contributed by atoms with van der Waals surface area (Å²) in [5.74, 6) is -2.53. The molecular weight excluding hydrogens is 310 g/mol. The van der Waals surface area contributed by atoms with E-state index in [9.17, 15) is 19.5 Å². The molecule has 0 aliphatic heterocycles. The Kier molecular flexibility index (Phi) is 5.44. The molecular formula is C18H17NO5. The molecule has 1 atom stereocenters. The van der Waals surface area contributed by atoms with E-state index >= 15 is 0 Å². The number of carbonyl (C=O) groups excluding carboxylic acids is 3. The quantitative estimate of drug-likeness (QED) is 0.639. The molecule has 0 spiro atoms. The Bertz CT molecular complexity index is 726. The van der Waals surface area contributed by atoms with Gasteiger partial charge in [-0.15, -0.1) is 0 Å². The van der Waals surface area contributed by atoms with Crippen LogP contribution in [-0.2, 0) is 19.9 Å². The van der Waals surface area contributed by atoms with Gasteiger partial charge in [0.15, 0.2) is 5.60 Å². The first-order valence-corrected chi connectivity index (χ1v) is 7.27. The zero-order valence-electron chi connectivity index (χ0n) is 13.1. The Hall–Kier alpha value is -2.99.